The fourth-order valence-corrected chi connectivity index (χ4v) is 3.04. The minimum absolute atomic E-state index is 0.0535. The zero-order valence-electron chi connectivity index (χ0n) is 14.9. The number of carbonyl (C=O) groups excluding carboxylic acids is 1. The summed E-state index contributed by atoms with van der Waals surface area (Å²) in [6.07, 6.45) is 2.86. The van der Waals surface area contributed by atoms with Gasteiger partial charge in [0.15, 0.2) is 0 Å². The molecular formula is C18H23N5O3. The van der Waals surface area contributed by atoms with Crippen molar-refractivity contribution in [3.8, 4) is 0 Å². The molecule has 0 saturated carbocycles. The maximum Gasteiger partial charge on any atom is 0.306 e. The van der Waals surface area contributed by atoms with Crippen LogP contribution >= 0.6 is 0 Å². The van der Waals surface area contributed by atoms with Crippen LogP contribution in [-0.4, -0.2) is 56.6 Å². The quantitative estimate of drug-likeness (QED) is 0.582. The molecule has 2 aromatic rings. The third-order valence-electron chi connectivity index (χ3n) is 4.64. The van der Waals surface area contributed by atoms with Gasteiger partial charge < -0.3 is 4.90 Å². The van der Waals surface area contributed by atoms with E-state index in [2.05, 4.69) is 41.2 Å². The Labute approximate surface area is 152 Å². The zero-order valence-corrected chi connectivity index (χ0v) is 14.9. The largest absolute Gasteiger partial charge is 0.340 e. The summed E-state index contributed by atoms with van der Waals surface area (Å²) < 4.78 is 1.45. The number of nitro groups is 1. The van der Waals surface area contributed by atoms with Gasteiger partial charge >= 0.3 is 5.69 Å². The van der Waals surface area contributed by atoms with E-state index in [9.17, 15) is 14.9 Å². The van der Waals surface area contributed by atoms with E-state index in [1.807, 2.05) is 4.90 Å². The summed E-state index contributed by atoms with van der Waals surface area (Å²) in [5, 5.41) is 14.6. The normalized spacial score (nSPS) is 15.2. The molecule has 0 atom stereocenters. The van der Waals surface area contributed by atoms with Crippen LogP contribution in [0, 0.1) is 17.0 Å². The summed E-state index contributed by atoms with van der Waals surface area (Å²) in [6, 6.07) is 8.54. The second kappa shape index (κ2) is 8.09. The Hall–Kier alpha value is -2.74. The lowest BCUT2D eigenvalue weighted by Crippen LogP contribution is -2.48. The lowest BCUT2D eigenvalue weighted by atomic mass is 10.1. The number of benzene rings is 1. The van der Waals surface area contributed by atoms with E-state index < -0.39 is 4.92 Å². The van der Waals surface area contributed by atoms with E-state index in [4.69, 9.17) is 0 Å². The molecular weight excluding hydrogens is 334 g/mol. The summed E-state index contributed by atoms with van der Waals surface area (Å²) in [7, 11) is 0. The highest BCUT2D eigenvalue weighted by Crippen LogP contribution is 2.12. The standard InChI is InChI=1S/C18H23N5O3/c1-15-2-4-16(5-3-15)13-20-8-10-21(11-9-20)18(24)6-7-22-14-17(12-19-22)23(25)26/h2-5,12,14H,6-11,13H2,1H3. The molecule has 8 nitrogen and oxygen atoms in total. The lowest BCUT2D eigenvalue weighted by molar-refractivity contribution is -0.385. The molecule has 138 valence electrons. The molecule has 3 rings (SSSR count). The molecule has 0 radical (unpaired) electrons. The highest BCUT2D eigenvalue weighted by molar-refractivity contribution is 5.76. The third kappa shape index (κ3) is 4.66. The third-order valence-corrected chi connectivity index (χ3v) is 4.64. The summed E-state index contributed by atoms with van der Waals surface area (Å²) in [4.78, 5) is 26.7. The van der Waals surface area contributed by atoms with Gasteiger partial charge in [0.25, 0.3) is 0 Å². The minimum Gasteiger partial charge on any atom is -0.340 e. The monoisotopic (exact) mass is 357 g/mol. The average molecular weight is 357 g/mol. The number of carbonyl (C=O) groups is 1. The molecule has 1 aromatic heterocycles. The van der Waals surface area contributed by atoms with Crippen LogP contribution in [0.1, 0.15) is 17.5 Å². The second-order valence-corrected chi connectivity index (χ2v) is 6.61. The van der Waals surface area contributed by atoms with Gasteiger partial charge in [0.1, 0.15) is 12.4 Å². The SMILES string of the molecule is Cc1ccc(CN2CCN(C(=O)CCn3cc([N+](=O)[O-])cn3)CC2)cc1. The molecule has 0 N–H and O–H groups in total. The Morgan fingerprint density at radius 1 is 1.19 bits per heavy atom. The van der Waals surface area contributed by atoms with E-state index in [1.54, 1.807) is 0 Å². The van der Waals surface area contributed by atoms with E-state index in [0.717, 1.165) is 19.6 Å². The number of nitrogens with zero attached hydrogens (tertiary/aromatic N) is 5. The Morgan fingerprint density at radius 2 is 1.88 bits per heavy atom. The van der Waals surface area contributed by atoms with Crippen molar-refractivity contribution in [2.45, 2.75) is 26.4 Å². The van der Waals surface area contributed by atoms with E-state index >= 15 is 0 Å². The molecule has 0 spiro atoms. The molecule has 1 aliphatic heterocycles. The lowest BCUT2D eigenvalue weighted by Gasteiger charge is -2.34. The van der Waals surface area contributed by atoms with Crippen LogP contribution in [0.5, 0.6) is 0 Å². The highest BCUT2D eigenvalue weighted by atomic mass is 16.6. The highest BCUT2D eigenvalue weighted by Gasteiger charge is 2.21. The van der Waals surface area contributed by atoms with Gasteiger partial charge in [0.05, 0.1) is 4.92 Å². The van der Waals surface area contributed by atoms with Crippen LogP contribution in [0.15, 0.2) is 36.7 Å². The molecule has 1 aromatic carbocycles. The van der Waals surface area contributed by atoms with Gasteiger partial charge in [-0.25, -0.2) is 0 Å². The molecule has 0 unspecified atom stereocenters. The van der Waals surface area contributed by atoms with Gasteiger partial charge in [-0.2, -0.15) is 5.10 Å². The molecule has 0 aliphatic carbocycles. The molecule has 2 heterocycles. The number of rotatable bonds is 6. The topological polar surface area (TPSA) is 84.5 Å². The number of hydrogen-bond donors (Lipinski definition) is 0. The van der Waals surface area contributed by atoms with Crippen molar-refractivity contribution < 1.29 is 9.72 Å². The van der Waals surface area contributed by atoms with E-state index in [0.29, 0.717) is 26.1 Å². The maximum atomic E-state index is 12.3. The van der Waals surface area contributed by atoms with Crippen LogP contribution in [0.3, 0.4) is 0 Å². The second-order valence-electron chi connectivity index (χ2n) is 6.61. The van der Waals surface area contributed by atoms with Gasteiger partial charge in [-0.05, 0) is 12.5 Å². The summed E-state index contributed by atoms with van der Waals surface area (Å²) in [6.45, 7) is 6.47. The van der Waals surface area contributed by atoms with Gasteiger partial charge in [0, 0.05) is 45.7 Å². The molecule has 1 fully saturated rings. The van der Waals surface area contributed by atoms with Crippen LogP contribution in [0.4, 0.5) is 5.69 Å². The van der Waals surface area contributed by atoms with Gasteiger partial charge in [-0.1, -0.05) is 29.8 Å². The average Bonchev–Trinajstić information content (AvgIpc) is 3.12. The Bertz CT molecular complexity index is 763. The van der Waals surface area contributed by atoms with Crippen molar-refractivity contribution in [3.63, 3.8) is 0 Å². The van der Waals surface area contributed by atoms with Crippen molar-refractivity contribution in [2.75, 3.05) is 26.2 Å². The van der Waals surface area contributed by atoms with Gasteiger partial charge in [-0.15, -0.1) is 0 Å². The summed E-state index contributed by atoms with van der Waals surface area (Å²) in [5.41, 5.74) is 2.49. The zero-order chi connectivity index (χ0) is 18.5. The minimum atomic E-state index is -0.488. The first kappa shape index (κ1) is 18.1. The van der Waals surface area contributed by atoms with Crippen molar-refractivity contribution in [2.24, 2.45) is 0 Å². The van der Waals surface area contributed by atoms with Crippen molar-refractivity contribution in [1.82, 2.24) is 19.6 Å². The fraction of sp³-hybridized carbons (Fsp3) is 0.444. The first-order chi connectivity index (χ1) is 12.5. The van der Waals surface area contributed by atoms with Gasteiger partial charge in [-0.3, -0.25) is 24.5 Å². The molecule has 26 heavy (non-hydrogen) atoms. The first-order valence-corrected chi connectivity index (χ1v) is 8.74. The molecule has 1 amide bonds. The van der Waals surface area contributed by atoms with Crippen LogP contribution in [0.2, 0.25) is 0 Å². The predicted molar refractivity (Wildman–Crippen MR) is 96.5 cm³/mol. The van der Waals surface area contributed by atoms with E-state index in [1.165, 1.54) is 28.2 Å². The first-order valence-electron chi connectivity index (χ1n) is 8.74. The predicted octanol–water partition coefficient (Wildman–Crippen LogP) is 1.83. The fourth-order valence-electron chi connectivity index (χ4n) is 3.04. The van der Waals surface area contributed by atoms with Crippen LogP contribution < -0.4 is 0 Å². The van der Waals surface area contributed by atoms with Crippen molar-refractivity contribution in [1.29, 1.82) is 0 Å². The van der Waals surface area contributed by atoms with Crippen molar-refractivity contribution in [3.05, 3.63) is 57.9 Å². The number of piperazine rings is 1. The number of aryl methyl sites for hydroxylation is 2. The van der Waals surface area contributed by atoms with Crippen LogP contribution in [0.25, 0.3) is 0 Å². The van der Waals surface area contributed by atoms with E-state index in [-0.39, 0.29) is 11.6 Å². The molecule has 0 bridgehead atoms. The Balaban J connectivity index is 1.42. The van der Waals surface area contributed by atoms with Crippen LogP contribution in [-0.2, 0) is 17.9 Å². The Kier molecular flexibility index (Phi) is 5.62. The number of amides is 1. The number of aromatic nitrogens is 2. The van der Waals surface area contributed by atoms with Gasteiger partial charge in [0.2, 0.25) is 5.91 Å². The van der Waals surface area contributed by atoms with Crippen molar-refractivity contribution >= 4 is 11.6 Å². The molecule has 8 heteroatoms. The molecule has 1 saturated heterocycles. The maximum absolute atomic E-state index is 12.3. The molecule has 1 aliphatic rings. The number of hydrogen-bond acceptors (Lipinski definition) is 5. The summed E-state index contributed by atoms with van der Waals surface area (Å²) in [5.74, 6) is 0.0677. The summed E-state index contributed by atoms with van der Waals surface area (Å²) >= 11 is 0. The Morgan fingerprint density at radius 3 is 2.50 bits per heavy atom. The smallest absolute Gasteiger partial charge is 0.306 e.